The van der Waals surface area contributed by atoms with Gasteiger partial charge in [0.15, 0.2) is 0 Å². The molecule has 7 rings (SSSR count). The Morgan fingerprint density at radius 1 is 0.889 bits per heavy atom. The van der Waals surface area contributed by atoms with E-state index in [-0.39, 0.29) is 0 Å². The molecule has 0 spiro atoms. The lowest BCUT2D eigenvalue weighted by Crippen LogP contribution is -2.56. The van der Waals surface area contributed by atoms with E-state index in [2.05, 4.69) is 0 Å². The highest BCUT2D eigenvalue weighted by atomic mass is 16.3. The maximum atomic E-state index is 11.3. The highest BCUT2D eigenvalue weighted by Gasteiger charge is 2.90. The number of rotatable bonds is 1. The van der Waals surface area contributed by atoms with Crippen molar-refractivity contribution in [2.45, 2.75) is 12.0 Å². The predicted molar refractivity (Wildman–Crippen MR) is 64.5 cm³/mol. The van der Waals surface area contributed by atoms with Crippen molar-refractivity contribution in [3.05, 3.63) is 29.8 Å². The topological polar surface area (TPSA) is 40.5 Å². The van der Waals surface area contributed by atoms with Gasteiger partial charge >= 0.3 is 0 Å². The number of hydrogen-bond acceptors (Lipinski definition) is 2. The molecule has 0 heterocycles. The van der Waals surface area contributed by atoms with Gasteiger partial charge in [-0.2, -0.15) is 0 Å². The van der Waals surface area contributed by atoms with Gasteiger partial charge in [-0.25, -0.2) is 0 Å². The maximum Gasteiger partial charge on any atom is 0.115 e. The predicted octanol–water partition coefficient (Wildman–Crippen LogP) is 1.97. The van der Waals surface area contributed by atoms with Crippen molar-refractivity contribution in [3.63, 3.8) is 0 Å². The second kappa shape index (κ2) is 2.24. The minimum Gasteiger partial charge on any atom is -0.508 e. The molecule has 2 N–H and O–H groups in total. The molecule has 4 atom stereocenters. The van der Waals surface area contributed by atoms with Gasteiger partial charge in [-0.1, -0.05) is 12.1 Å². The quantitative estimate of drug-likeness (QED) is 0.788. The fourth-order valence-electron chi connectivity index (χ4n) is 7.35. The Morgan fingerprint density at radius 3 is 1.89 bits per heavy atom. The second-order valence-electron chi connectivity index (χ2n) is 7.30. The first-order chi connectivity index (χ1) is 8.73. The van der Waals surface area contributed by atoms with E-state index in [9.17, 15) is 10.2 Å². The largest absolute Gasteiger partial charge is 0.508 e. The first-order valence-electron chi connectivity index (χ1n) is 7.25. The standard InChI is InChI=1S/C16H16O2/c17-7-3-1-6(2-4-7)16(18)14-10-8-5-9-12(10)15(16)13(9)11(8)14/h1-4,8-15,17-18H,5H2. The van der Waals surface area contributed by atoms with Crippen LogP contribution in [0.5, 0.6) is 5.75 Å². The smallest absolute Gasteiger partial charge is 0.115 e. The minimum absolute atomic E-state index is 0.297. The van der Waals surface area contributed by atoms with Crippen LogP contribution in [-0.4, -0.2) is 10.2 Å². The van der Waals surface area contributed by atoms with E-state index in [1.807, 2.05) is 12.1 Å². The van der Waals surface area contributed by atoms with Gasteiger partial charge in [-0.3, -0.25) is 0 Å². The molecule has 0 amide bonds. The van der Waals surface area contributed by atoms with Crippen molar-refractivity contribution in [1.82, 2.24) is 0 Å². The van der Waals surface area contributed by atoms with Crippen LogP contribution in [0, 0.1) is 47.3 Å². The summed E-state index contributed by atoms with van der Waals surface area (Å²) in [7, 11) is 0. The number of phenols is 1. The van der Waals surface area contributed by atoms with E-state index in [1.165, 1.54) is 6.42 Å². The molecule has 1 aromatic rings. The Balaban J connectivity index is 1.54. The van der Waals surface area contributed by atoms with Gasteiger partial charge in [0.2, 0.25) is 0 Å². The van der Waals surface area contributed by atoms with E-state index in [0.29, 0.717) is 17.6 Å². The second-order valence-corrected chi connectivity index (χ2v) is 7.30. The van der Waals surface area contributed by atoms with Gasteiger partial charge in [-0.15, -0.1) is 0 Å². The molecule has 0 radical (unpaired) electrons. The third kappa shape index (κ3) is 0.581. The molecule has 0 saturated heterocycles. The van der Waals surface area contributed by atoms with Crippen LogP contribution in [0.15, 0.2) is 24.3 Å². The molecular formula is C16H16O2. The van der Waals surface area contributed by atoms with Crippen LogP contribution in [-0.2, 0) is 5.60 Å². The number of phenolic OH excluding ortho intramolecular Hbond substituents is 1. The summed E-state index contributed by atoms with van der Waals surface area (Å²) in [5.74, 6) is 6.70. The zero-order valence-corrected chi connectivity index (χ0v) is 10.0. The van der Waals surface area contributed by atoms with Crippen molar-refractivity contribution in [1.29, 1.82) is 0 Å². The number of aromatic hydroxyl groups is 1. The summed E-state index contributed by atoms with van der Waals surface area (Å²) in [5, 5.41) is 20.7. The van der Waals surface area contributed by atoms with Gasteiger partial charge in [0.05, 0.1) is 5.60 Å². The Hall–Kier alpha value is -1.02. The molecule has 6 saturated carbocycles. The number of benzene rings is 1. The summed E-state index contributed by atoms with van der Waals surface area (Å²) in [4.78, 5) is 0. The minimum atomic E-state index is -0.550. The Morgan fingerprint density at radius 2 is 1.39 bits per heavy atom. The van der Waals surface area contributed by atoms with Crippen molar-refractivity contribution in [2.24, 2.45) is 47.3 Å². The third-order valence-corrected chi connectivity index (χ3v) is 7.42. The molecule has 18 heavy (non-hydrogen) atoms. The van der Waals surface area contributed by atoms with Crippen molar-refractivity contribution in [2.75, 3.05) is 0 Å². The first-order valence-corrected chi connectivity index (χ1v) is 7.25. The van der Waals surface area contributed by atoms with Crippen LogP contribution in [0.4, 0.5) is 0 Å². The van der Waals surface area contributed by atoms with E-state index < -0.39 is 5.60 Å². The van der Waals surface area contributed by atoms with Crippen molar-refractivity contribution < 1.29 is 10.2 Å². The highest BCUT2D eigenvalue weighted by Crippen LogP contribution is 2.92. The zero-order chi connectivity index (χ0) is 11.8. The molecular weight excluding hydrogens is 224 g/mol. The summed E-state index contributed by atoms with van der Waals surface area (Å²) in [5.41, 5.74) is 0.514. The monoisotopic (exact) mass is 240 g/mol. The lowest BCUT2D eigenvalue weighted by atomic mass is 9.45. The SMILES string of the molecule is Oc1ccc(C2(O)C3C4C5CC6C4C2C6C53)cc1. The lowest BCUT2D eigenvalue weighted by molar-refractivity contribution is -0.127. The average molecular weight is 240 g/mol. The van der Waals surface area contributed by atoms with Gasteiger partial charge in [0, 0.05) is 0 Å². The lowest BCUT2D eigenvalue weighted by Gasteiger charge is -2.58. The highest BCUT2D eigenvalue weighted by molar-refractivity contribution is 5.44. The average Bonchev–Trinajstić information content (AvgIpc) is 2.86. The van der Waals surface area contributed by atoms with E-state index in [4.69, 9.17) is 0 Å². The van der Waals surface area contributed by atoms with E-state index in [0.717, 1.165) is 41.1 Å². The number of hydrogen-bond donors (Lipinski definition) is 2. The summed E-state index contributed by atoms with van der Waals surface area (Å²) < 4.78 is 0. The van der Waals surface area contributed by atoms with Crippen LogP contribution in [0.2, 0.25) is 0 Å². The summed E-state index contributed by atoms with van der Waals surface area (Å²) >= 11 is 0. The van der Waals surface area contributed by atoms with Crippen LogP contribution in [0.3, 0.4) is 0 Å². The van der Waals surface area contributed by atoms with E-state index in [1.54, 1.807) is 12.1 Å². The normalized spacial score (nSPS) is 64.1. The molecule has 6 aliphatic carbocycles. The van der Waals surface area contributed by atoms with Gasteiger partial charge in [0.25, 0.3) is 0 Å². The molecule has 4 unspecified atom stereocenters. The summed E-state index contributed by atoms with van der Waals surface area (Å²) in [6.45, 7) is 0. The molecule has 6 fully saturated rings. The maximum absolute atomic E-state index is 11.3. The molecule has 6 aliphatic rings. The number of aliphatic hydroxyl groups is 1. The summed E-state index contributed by atoms with van der Waals surface area (Å²) in [6, 6.07) is 7.33. The molecule has 2 nitrogen and oxygen atoms in total. The van der Waals surface area contributed by atoms with Gasteiger partial charge in [-0.05, 0) is 71.5 Å². The Kier molecular flexibility index (Phi) is 1.12. The fourth-order valence-corrected chi connectivity index (χ4v) is 7.35. The molecule has 2 heteroatoms. The molecule has 1 aromatic carbocycles. The Bertz CT molecular complexity index is 531. The summed E-state index contributed by atoms with van der Waals surface area (Å²) in [6.07, 6.45) is 1.48. The van der Waals surface area contributed by atoms with Crippen molar-refractivity contribution in [3.8, 4) is 5.75 Å². The molecule has 0 aliphatic heterocycles. The third-order valence-electron chi connectivity index (χ3n) is 7.42. The molecule has 4 bridgehead atoms. The molecule has 92 valence electrons. The van der Waals surface area contributed by atoms with Crippen LogP contribution in [0.25, 0.3) is 0 Å². The van der Waals surface area contributed by atoms with Crippen LogP contribution in [0.1, 0.15) is 12.0 Å². The first kappa shape index (κ1) is 8.98. The van der Waals surface area contributed by atoms with Crippen LogP contribution < -0.4 is 0 Å². The van der Waals surface area contributed by atoms with Crippen LogP contribution >= 0.6 is 0 Å². The zero-order valence-electron chi connectivity index (χ0n) is 10.0. The molecule has 0 aromatic heterocycles. The van der Waals surface area contributed by atoms with Gasteiger partial charge in [0.1, 0.15) is 5.75 Å². The fraction of sp³-hybridized carbons (Fsp3) is 0.625. The Labute approximate surface area is 106 Å². The van der Waals surface area contributed by atoms with Gasteiger partial charge < -0.3 is 10.2 Å². The van der Waals surface area contributed by atoms with Crippen molar-refractivity contribution >= 4 is 0 Å². The van der Waals surface area contributed by atoms with E-state index >= 15 is 0 Å².